The van der Waals surface area contributed by atoms with E-state index >= 15 is 0 Å². The summed E-state index contributed by atoms with van der Waals surface area (Å²) in [6.45, 7) is 5.38. The van der Waals surface area contributed by atoms with E-state index in [1.807, 2.05) is 6.07 Å². The first kappa shape index (κ1) is 13.5. The number of benzene rings is 1. The van der Waals surface area contributed by atoms with Gasteiger partial charge in [0.25, 0.3) is 0 Å². The minimum absolute atomic E-state index is 0.157. The highest BCUT2D eigenvalue weighted by Gasteiger charge is 2.24. The molecule has 0 N–H and O–H groups in total. The van der Waals surface area contributed by atoms with Crippen LogP contribution in [0.3, 0.4) is 0 Å². The lowest BCUT2D eigenvalue weighted by Gasteiger charge is -2.15. The molecule has 0 aliphatic rings. The summed E-state index contributed by atoms with van der Waals surface area (Å²) < 4.78 is 0. The molecule has 3 heteroatoms. The van der Waals surface area contributed by atoms with Gasteiger partial charge in [-0.05, 0) is 23.8 Å². The lowest BCUT2D eigenvalue weighted by molar-refractivity contribution is -0.121. The Bertz CT molecular complexity index is 486. The Kier molecular flexibility index (Phi) is 4.09. The third kappa shape index (κ3) is 3.72. The van der Waals surface area contributed by atoms with E-state index in [-0.39, 0.29) is 11.4 Å². The number of nitriles is 1. The summed E-state index contributed by atoms with van der Waals surface area (Å²) >= 11 is 5.76. The molecule has 0 bridgehead atoms. The summed E-state index contributed by atoms with van der Waals surface area (Å²) in [6.07, 6.45) is 1.59. The van der Waals surface area contributed by atoms with Gasteiger partial charge >= 0.3 is 0 Å². The molecule has 0 aliphatic carbocycles. The Balaban J connectivity index is 3.08. The highest BCUT2D eigenvalue weighted by atomic mass is 35.5. The molecule has 0 unspecified atom stereocenters. The van der Waals surface area contributed by atoms with Gasteiger partial charge in [-0.1, -0.05) is 44.5 Å². The first-order valence-electron chi connectivity index (χ1n) is 5.27. The highest BCUT2D eigenvalue weighted by molar-refractivity contribution is 6.30. The van der Waals surface area contributed by atoms with Gasteiger partial charge in [0.15, 0.2) is 5.78 Å². The maximum Gasteiger partial charge on any atom is 0.178 e. The van der Waals surface area contributed by atoms with Crippen molar-refractivity contribution in [2.45, 2.75) is 20.8 Å². The second-order valence-electron chi connectivity index (χ2n) is 4.80. The molecule has 0 amide bonds. The zero-order valence-electron chi connectivity index (χ0n) is 10.1. The first-order valence-corrected chi connectivity index (χ1v) is 5.64. The lowest BCUT2D eigenvalue weighted by Crippen LogP contribution is -2.21. The van der Waals surface area contributed by atoms with Crippen molar-refractivity contribution in [1.29, 1.82) is 5.26 Å². The molecule has 0 radical (unpaired) electrons. The van der Waals surface area contributed by atoms with Crippen molar-refractivity contribution in [3.05, 3.63) is 40.4 Å². The largest absolute Gasteiger partial charge is 0.293 e. The summed E-state index contributed by atoms with van der Waals surface area (Å²) in [5.74, 6) is -0.157. The quantitative estimate of drug-likeness (QED) is 0.588. The fourth-order valence-electron chi connectivity index (χ4n) is 1.28. The Morgan fingerprint density at radius 1 is 1.29 bits per heavy atom. The monoisotopic (exact) mass is 247 g/mol. The van der Waals surface area contributed by atoms with Crippen LogP contribution in [0.25, 0.3) is 6.08 Å². The van der Waals surface area contributed by atoms with Crippen molar-refractivity contribution >= 4 is 23.5 Å². The molecule has 88 valence electrons. The van der Waals surface area contributed by atoms with Crippen molar-refractivity contribution in [3.63, 3.8) is 0 Å². The van der Waals surface area contributed by atoms with Crippen LogP contribution >= 0.6 is 11.6 Å². The molecule has 0 fully saturated rings. The molecule has 0 saturated heterocycles. The molecule has 17 heavy (non-hydrogen) atoms. The number of nitrogens with zero attached hydrogens (tertiary/aromatic N) is 1. The van der Waals surface area contributed by atoms with Crippen molar-refractivity contribution in [1.82, 2.24) is 0 Å². The number of Topliss-reactive ketones (excluding diaryl/α,β-unsaturated/α-hetero) is 1. The predicted molar refractivity (Wildman–Crippen MR) is 69.5 cm³/mol. The Labute approximate surface area is 107 Å². The summed E-state index contributed by atoms with van der Waals surface area (Å²) in [6, 6.07) is 8.95. The van der Waals surface area contributed by atoms with Crippen LogP contribution in [0.1, 0.15) is 26.3 Å². The average molecular weight is 248 g/mol. The zero-order chi connectivity index (χ0) is 13.1. The van der Waals surface area contributed by atoms with Gasteiger partial charge in [-0.3, -0.25) is 4.79 Å². The molecule has 1 aromatic carbocycles. The maximum absolute atomic E-state index is 12.0. The molecule has 1 aromatic rings. The Hall–Kier alpha value is -1.59. The SMILES string of the molecule is CC(C)(C)C(=O)C(C#N)=Cc1ccc(Cl)cc1. The summed E-state index contributed by atoms with van der Waals surface area (Å²) in [5, 5.41) is 9.64. The summed E-state index contributed by atoms with van der Waals surface area (Å²) in [7, 11) is 0. The van der Waals surface area contributed by atoms with Crippen molar-refractivity contribution in [2.75, 3.05) is 0 Å². The standard InChI is InChI=1S/C14H14ClNO/c1-14(2,3)13(17)11(9-16)8-10-4-6-12(15)7-5-10/h4-8H,1-3H3. The van der Waals surface area contributed by atoms with Crippen LogP contribution in [0.5, 0.6) is 0 Å². The van der Waals surface area contributed by atoms with Crippen molar-refractivity contribution < 1.29 is 4.79 Å². The number of carbonyl (C=O) groups is 1. The number of hydrogen-bond acceptors (Lipinski definition) is 2. The van der Waals surface area contributed by atoms with Crippen LogP contribution in [0.4, 0.5) is 0 Å². The lowest BCUT2D eigenvalue weighted by atomic mass is 9.86. The second-order valence-corrected chi connectivity index (χ2v) is 5.24. The van der Waals surface area contributed by atoms with E-state index in [0.717, 1.165) is 5.56 Å². The van der Waals surface area contributed by atoms with E-state index in [9.17, 15) is 4.79 Å². The maximum atomic E-state index is 12.0. The topological polar surface area (TPSA) is 40.9 Å². The van der Waals surface area contributed by atoms with Gasteiger partial charge in [-0.2, -0.15) is 5.26 Å². The van der Waals surface area contributed by atoms with Gasteiger partial charge in [0.1, 0.15) is 6.07 Å². The summed E-state index contributed by atoms with van der Waals surface area (Å²) in [4.78, 5) is 12.0. The van der Waals surface area contributed by atoms with E-state index in [1.165, 1.54) is 0 Å². The minimum atomic E-state index is -0.548. The van der Waals surface area contributed by atoms with Gasteiger partial charge in [-0.15, -0.1) is 0 Å². The number of allylic oxidation sites excluding steroid dienone is 1. The number of carbonyl (C=O) groups excluding carboxylic acids is 1. The first-order chi connectivity index (χ1) is 7.84. The van der Waals surface area contributed by atoms with Crippen LogP contribution < -0.4 is 0 Å². The molecule has 0 saturated carbocycles. The van der Waals surface area contributed by atoms with E-state index < -0.39 is 5.41 Å². The van der Waals surface area contributed by atoms with Crippen LogP contribution in [0, 0.1) is 16.7 Å². The van der Waals surface area contributed by atoms with Crippen molar-refractivity contribution in [3.8, 4) is 6.07 Å². The molecular formula is C14H14ClNO. The molecule has 1 rings (SSSR count). The number of ketones is 1. The Morgan fingerprint density at radius 3 is 2.24 bits per heavy atom. The van der Waals surface area contributed by atoms with E-state index in [1.54, 1.807) is 51.1 Å². The van der Waals surface area contributed by atoms with Gasteiger partial charge in [0.05, 0.1) is 5.57 Å². The molecular weight excluding hydrogens is 234 g/mol. The van der Waals surface area contributed by atoms with Gasteiger partial charge in [0.2, 0.25) is 0 Å². The minimum Gasteiger partial charge on any atom is -0.293 e. The molecule has 0 aromatic heterocycles. The smallest absolute Gasteiger partial charge is 0.178 e. The van der Waals surface area contributed by atoms with Gasteiger partial charge in [-0.25, -0.2) is 0 Å². The van der Waals surface area contributed by atoms with Crippen LogP contribution in [0.15, 0.2) is 29.8 Å². The molecule has 0 spiro atoms. The van der Waals surface area contributed by atoms with Crippen molar-refractivity contribution in [2.24, 2.45) is 5.41 Å². The Morgan fingerprint density at radius 2 is 1.82 bits per heavy atom. The van der Waals surface area contributed by atoms with Crippen LogP contribution in [-0.4, -0.2) is 5.78 Å². The molecule has 0 heterocycles. The average Bonchev–Trinajstić information content (AvgIpc) is 2.26. The molecule has 2 nitrogen and oxygen atoms in total. The zero-order valence-corrected chi connectivity index (χ0v) is 10.9. The van der Waals surface area contributed by atoms with E-state index in [2.05, 4.69) is 0 Å². The fourth-order valence-corrected chi connectivity index (χ4v) is 1.40. The second kappa shape index (κ2) is 5.16. The molecule has 0 atom stereocenters. The number of rotatable bonds is 2. The fraction of sp³-hybridized carbons (Fsp3) is 0.286. The van der Waals surface area contributed by atoms with E-state index in [0.29, 0.717) is 5.02 Å². The molecule has 0 aliphatic heterocycles. The van der Waals surface area contributed by atoms with Crippen LogP contribution in [0.2, 0.25) is 5.02 Å². The normalized spacial score (nSPS) is 12.1. The number of hydrogen-bond donors (Lipinski definition) is 0. The van der Waals surface area contributed by atoms with Crippen LogP contribution in [-0.2, 0) is 4.79 Å². The summed E-state index contributed by atoms with van der Waals surface area (Å²) in [5.41, 5.74) is 0.414. The third-order valence-corrected chi connectivity index (χ3v) is 2.48. The van der Waals surface area contributed by atoms with Gasteiger partial charge in [0, 0.05) is 10.4 Å². The third-order valence-electron chi connectivity index (χ3n) is 2.23. The number of halogens is 1. The highest BCUT2D eigenvalue weighted by Crippen LogP contribution is 2.21. The predicted octanol–water partition coefficient (Wildman–Crippen LogP) is 3.86. The van der Waals surface area contributed by atoms with E-state index in [4.69, 9.17) is 16.9 Å². The van der Waals surface area contributed by atoms with Gasteiger partial charge < -0.3 is 0 Å².